The number of benzene rings is 2. The van der Waals surface area contributed by atoms with E-state index in [1.165, 1.54) is 25.8 Å². The van der Waals surface area contributed by atoms with Crippen LogP contribution in [0.1, 0.15) is 40.7 Å². The molecule has 33 heavy (non-hydrogen) atoms. The van der Waals surface area contributed by atoms with Crippen molar-refractivity contribution < 1.29 is 19.1 Å². The lowest BCUT2D eigenvalue weighted by molar-refractivity contribution is -0.126. The summed E-state index contributed by atoms with van der Waals surface area (Å²) in [6.07, 6.45) is 5.84. The van der Waals surface area contributed by atoms with Gasteiger partial charge in [-0.05, 0) is 42.7 Å². The molecule has 1 amide bonds. The van der Waals surface area contributed by atoms with Gasteiger partial charge in [0.1, 0.15) is 29.6 Å². The highest BCUT2D eigenvalue weighted by atomic mass is 16.5. The zero-order chi connectivity index (χ0) is 23.3. The third kappa shape index (κ3) is 5.15. The Labute approximate surface area is 191 Å². The molecule has 1 aromatic heterocycles. The van der Waals surface area contributed by atoms with E-state index in [1.807, 2.05) is 12.1 Å². The van der Waals surface area contributed by atoms with Crippen LogP contribution >= 0.6 is 0 Å². The number of nitrogens with zero attached hydrogens (tertiary/aromatic N) is 3. The monoisotopic (exact) mass is 442 g/mol. The second-order valence-corrected chi connectivity index (χ2v) is 7.91. The van der Waals surface area contributed by atoms with Crippen molar-refractivity contribution in [2.75, 3.05) is 7.11 Å². The Morgan fingerprint density at radius 2 is 1.79 bits per heavy atom. The number of hydrogen-bond acceptors (Lipinski definition) is 7. The fourth-order valence-corrected chi connectivity index (χ4v) is 3.47. The number of methoxy groups -OCH3 is 1. The topological polar surface area (TPSA) is 114 Å². The number of carbonyl (C=O) groups is 2. The molecule has 1 fully saturated rings. The normalized spacial score (nSPS) is 13.5. The van der Waals surface area contributed by atoms with Crippen LogP contribution in [0.4, 0.5) is 0 Å². The van der Waals surface area contributed by atoms with E-state index in [9.17, 15) is 14.9 Å². The second kappa shape index (κ2) is 9.49. The first kappa shape index (κ1) is 22.0. The molecule has 8 nitrogen and oxygen atoms in total. The maximum atomic E-state index is 12.7. The minimum Gasteiger partial charge on any atom is -0.497 e. The van der Waals surface area contributed by atoms with Gasteiger partial charge in [0, 0.05) is 31.4 Å². The molecule has 1 N–H and O–H groups in total. The average molecular weight is 442 g/mol. The molecule has 0 bridgehead atoms. The molecule has 0 atom stereocenters. The molecule has 8 heteroatoms. The lowest BCUT2D eigenvalue weighted by atomic mass is 9.95. The van der Waals surface area contributed by atoms with Crippen molar-refractivity contribution in [1.29, 1.82) is 5.26 Å². The molecular formula is C25H22N4O4. The van der Waals surface area contributed by atoms with Gasteiger partial charge in [0.05, 0.1) is 23.7 Å². The summed E-state index contributed by atoms with van der Waals surface area (Å²) in [6.45, 7) is 0.343. The Hall–Kier alpha value is -4.25. The SMILES string of the molecule is COc1ccc(Oc2ccc(CNC(=O)C3(CC(=O)c4cncnc4)CC3)cc2)c(C#N)c1. The van der Waals surface area contributed by atoms with Crippen LogP contribution in [0.15, 0.2) is 61.2 Å². The number of hydrogen-bond donors (Lipinski definition) is 1. The van der Waals surface area contributed by atoms with Crippen LogP contribution in [0.5, 0.6) is 17.2 Å². The van der Waals surface area contributed by atoms with Gasteiger partial charge in [0.2, 0.25) is 5.91 Å². The van der Waals surface area contributed by atoms with E-state index >= 15 is 0 Å². The quantitative estimate of drug-likeness (QED) is 0.501. The number of Topliss-reactive ketones (excluding diaryl/α,β-unsaturated/α-hetero) is 1. The van der Waals surface area contributed by atoms with Crippen molar-refractivity contribution in [1.82, 2.24) is 15.3 Å². The van der Waals surface area contributed by atoms with E-state index in [4.69, 9.17) is 9.47 Å². The largest absolute Gasteiger partial charge is 0.497 e. The molecule has 1 aliphatic carbocycles. The van der Waals surface area contributed by atoms with Gasteiger partial charge in [-0.3, -0.25) is 9.59 Å². The molecule has 0 radical (unpaired) electrons. The number of rotatable bonds is 9. The number of nitriles is 1. The third-order valence-corrected chi connectivity index (χ3v) is 5.63. The van der Waals surface area contributed by atoms with Crippen molar-refractivity contribution >= 4 is 11.7 Å². The predicted molar refractivity (Wildman–Crippen MR) is 119 cm³/mol. The van der Waals surface area contributed by atoms with E-state index in [2.05, 4.69) is 21.4 Å². The van der Waals surface area contributed by atoms with Crippen LogP contribution in [0.3, 0.4) is 0 Å². The van der Waals surface area contributed by atoms with E-state index in [0.717, 1.165) is 5.56 Å². The molecule has 0 unspecified atom stereocenters. The van der Waals surface area contributed by atoms with Crippen molar-refractivity contribution in [2.24, 2.45) is 5.41 Å². The van der Waals surface area contributed by atoms with Gasteiger partial charge in [-0.15, -0.1) is 0 Å². The summed E-state index contributed by atoms with van der Waals surface area (Å²) in [4.78, 5) is 32.9. The highest BCUT2D eigenvalue weighted by molar-refractivity contribution is 6.00. The molecule has 0 spiro atoms. The number of aromatic nitrogens is 2. The summed E-state index contributed by atoms with van der Waals surface area (Å²) in [5.74, 6) is 1.34. The van der Waals surface area contributed by atoms with Crippen LogP contribution in [-0.4, -0.2) is 28.8 Å². The Kier molecular flexibility index (Phi) is 6.31. The van der Waals surface area contributed by atoms with Crippen molar-refractivity contribution in [3.05, 3.63) is 77.9 Å². The van der Waals surface area contributed by atoms with Gasteiger partial charge in [0.25, 0.3) is 0 Å². The number of ketones is 1. The first-order chi connectivity index (χ1) is 16.0. The summed E-state index contributed by atoms with van der Waals surface area (Å²) in [6, 6.07) is 14.4. The molecule has 1 saturated carbocycles. The van der Waals surface area contributed by atoms with Gasteiger partial charge in [-0.1, -0.05) is 12.1 Å². The summed E-state index contributed by atoms with van der Waals surface area (Å²) in [7, 11) is 1.54. The minimum atomic E-state index is -0.641. The summed E-state index contributed by atoms with van der Waals surface area (Å²) >= 11 is 0. The summed E-state index contributed by atoms with van der Waals surface area (Å²) in [5.41, 5.74) is 1.04. The van der Waals surface area contributed by atoms with Gasteiger partial charge in [0.15, 0.2) is 5.78 Å². The highest BCUT2D eigenvalue weighted by Gasteiger charge is 2.51. The lowest BCUT2D eigenvalue weighted by Crippen LogP contribution is -2.33. The number of ether oxygens (including phenoxy) is 2. The van der Waals surface area contributed by atoms with Crippen molar-refractivity contribution in [3.8, 4) is 23.3 Å². The number of nitrogens with one attached hydrogen (secondary N) is 1. The van der Waals surface area contributed by atoms with Gasteiger partial charge in [-0.25, -0.2) is 9.97 Å². The zero-order valence-electron chi connectivity index (χ0n) is 18.1. The molecule has 3 aromatic rings. The Balaban J connectivity index is 1.33. The Bertz CT molecular complexity index is 1200. The van der Waals surface area contributed by atoms with Crippen LogP contribution in [0.25, 0.3) is 0 Å². The van der Waals surface area contributed by atoms with Crippen LogP contribution in [0.2, 0.25) is 0 Å². The molecule has 0 aliphatic heterocycles. The molecule has 166 valence electrons. The van der Waals surface area contributed by atoms with E-state index in [1.54, 1.807) is 30.3 Å². The van der Waals surface area contributed by atoms with E-state index in [-0.39, 0.29) is 18.1 Å². The van der Waals surface area contributed by atoms with Crippen LogP contribution < -0.4 is 14.8 Å². The fraction of sp³-hybridized carbons (Fsp3) is 0.240. The lowest BCUT2D eigenvalue weighted by Gasteiger charge is -2.15. The third-order valence-electron chi connectivity index (χ3n) is 5.63. The average Bonchev–Trinajstić information content (AvgIpc) is 3.64. The molecule has 1 heterocycles. The maximum absolute atomic E-state index is 12.7. The van der Waals surface area contributed by atoms with Gasteiger partial charge in [-0.2, -0.15) is 5.26 Å². The summed E-state index contributed by atoms with van der Waals surface area (Å²) < 4.78 is 10.9. The van der Waals surface area contributed by atoms with Crippen molar-refractivity contribution in [2.45, 2.75) is 25.8 Å². The molecule has 2 aromatic carbocycles. The zero-order valence-corrected chi connectivity index (χ0v) is 18.1. The maximum Gasteiger partial charge on any atom is 0.226 e. The standard InChI is InChI=1S/C25H22N4O4/c1-32-21-6-7-23(18(10-21)12-26)33-20-4-2-17(3-5-20)13-29-24(31)25(8-9-25)11-22(30)19-14-27-16-28-15-19/h2-7,10,14-16H,8-9,11,13H2,1H3,(H,29,31). The van der Waals surface area contributed by atoms with Gasteiger partial charge < -0.3 is 14.8 Å². The molecule has 1 aliphatic rings. The van der Waals surface area contributed by atoms with Gasteiger partial charge >= 0.3 is 0 Å². The minimum absolute atomic E-state index is 0.120. The molecular weight excluding hydrogens is 420 g/mol. The highest BCUT2D eigenvalue weighted by Crippen LogP contribution is 2.49. The first-order valence-corrected chi connectivity index (χ1v) is 10.4. The Morgan fingerprint density at radius 1 is 1.09 bits per heavy atom. The van der Waals surface area contributed by atoms with E-state index in [0.29, 0.717) is 47.8 Å². The smallest absolute Gasteiger partial charge is 0.226 e. The predicted octanol–water partition coefficient (Wildman–Crippen LogP) is 3.82. The van der Waals surface area contributed by atoms with E-state index < -0.39 is 5.41 Å². The summed E-state index contributed by atoms with van der Waals surface area (Å²) in [5, 5.41) is 12.3. The Morgan fingerprint density at radius 3 is 2.42 bits per heavy atom. The second-order valence-electron chi connectivity index (χ2n) is 7.91. The fourth-order valence-electron chi connectivity index (χ4n) is 3.47. The molecule has 0 saturated heterocycles. The van der Waals surface area contributed by atoms with Crippen molar-refractivity contribution in [3.63, 3.8) is 0 Å². The number of amides is 1. The number of carbonyl (C=O) groups excluding carboxylic acids is 2. The van der Waals surface area contributed by atoms with Crippen LogP contribution in [0, 0.1) is 16.7 Å². The first-order valence-electron chi connectivity index (χ1n) is 10.4. The van der Waals surface area contributed by atoms with Crippen LogP contribution in [-0.2, 0) is 11.3 Å². The molecule has 4 rings (SSSR count).